The van der Waals surface area contributed by atoms with Crippen LogP contribution in [0.3, 0.4) is 0 Å². The largest absolute Gasteiger partial charge is 0.317 e. The summed E-state index contributed by atoms with van der Waals surface area (Å²) in [7, 11) is 0. The molecule has 0 unspecified atom stereocenters. The lowest BCUT2D eigenvalue weighted by Crippen LogP contribution is -2.20. The molecule has 3 rings (SSSR count). The minimum absolute atomic E-state index is 0.207. The van der Waals surface area contributed by atoms with Crippen molar-refractivity contribution in [1.29, 1.82) is 0 Å². The van der Waals surface area contributed by atoms with Gasteiger partial charge in [0.25, 0.3) is 5.56 Å². The molecule has 100 valence electrons. The van der Waals surface area contributed by atoms with Crippen LogP contribution < -0.4 is 16.4 Å². The van der Waals surface area contributed by atoms with E-state index in [-0.39, 0.29) is 11.4 Å². The van der Waals surface area contributed by atoms with Crippen molar-refractivity contribution < 1.29 is 0 Å². The zero-order valence-electron chi connectivity index (χ0n) is 10.4. The number of aromatic amines is 1. The molecule has 5 nitrogen and oxygen atoms in total. The summed E-state index contributed by atoms with van der Waals surface area (Å²) in [4.78, 5) is 18.9. The number of hydrazine groups is 1. The van der Waals surface area contributed by atoms with E-state index in [4.69, 9.17) is 11.6 Å². The first-order chi connectivity index (χ1) is 9.72. The summed E-state index contributed by atoms with van der Waals surface area (Å²) in [6.07, 6.45) is 0. The molecule has 1 heterocycles. The molecule has 0 aliphatic rings. The Balaban J connectivity index is 1.85. The van der Waals surface area contributed by atoms with Gasteiger partial charge in [0.1, 0.15) is 0 Å². The van der Waals surface area contributed by atoms with Crippen LogP contribution in [0.5, 0.6) is 0 Å². The highest BCUT2D eigenvalue weighted by atomic mass is 35.5. The lowest BCUT2D eigenvalue weighted by Gasteiger charge is -2.08. The lowest BCUT2D eigenvalue weighted by atomic mass is 10.3. The van der Waals surface area contributed by atoms with E-state index in [9.17, 15) is 4.79 Å². The minimum Gasteiger partial charge on any atom is -0.317 e. The second-order valence-electron chi connectivity index (χ2n) is 4.19. The predicted octanol–water partition coefficient (Wildman–Crippen LogP) is 3.02. The number of hydrogen-bond acceptors (Lipinski definition) is 4. The Labute approximate surface area is 119 Å². The van der Waals surface area contributed by atoms with Gasteiger partial charge in [-0.25, -0.2) is 4.98 Å². The highest BCUT2D eigenvalue weighted by Gasteiger charge is 2.03. The third-order valence-corrected chi connectivity index (χ3v) is 3.02. The Hall–Kier alpha value is -2.53. The molecule has 0 atom stereocenters. The summed E-state index contributed by atoms with van der Waals surface area (Å²) >= 11 is 5.80. The van der Waals surface area contributed by atoms with E-state index in [1.165, 1.54) is 0 Å². The smallest absolute Gasteiger partial charge is 0.292 e. The van der Waals surface area contributed by atoms with Gasteiger partial charge in [0.15, 0.2) is 0 Å². The van der Waals surface area contributed by atoms with Gasteiger partial charge < -0.3 is 4.98 Å². The summed E-state index contributed by atoms with van der Waals surface area (Å²) in [6.45, 7) is 0. The lowest BCUT2D eigenvalue weighted by molar-refractivity contribution is 1.19. The van der Waals surface area contributed by atoms with Crippen LogP contribution in [0.15, 0.2) is 53.3 Å². The molecule has 2 aromatic carbocycles. The molecular formula is C14H11ClN4O. The molecule has 0 radical (unpaired) electrons. The van der Waals surface area contributed by atoms with Crippen LogP contribution in [0.4, 0.5) is 11.5 Å². The van der Waals surface area contributed by atoms with E-state index >= 15 is 0 Å². The Bertz CT molecular complexity index is 798. The number of rotatable bonds is 3. The molecule has 0 bridgehead atoms. The number of hydrogen-bond donors (Lipinski definition) is 3. The summed E-state index contributed by atoms with van der Waals surface area (Å²) in [6, 6.07) is 14.4. The van der Waals surface area contributed by atoms with Gasteiger partial charge in [-0.2, -0.15) is 0 Å². The monoisotopic (exact) mass is 286 g/mol. The fourth-order valence-corrected chi connectivity index (χ4v) is 1.90. The predicted molar refractivity (Wildman–Crippen MR) is 81.1 cm³/mol. The molecule has 3 aromatic rings. The fraction of sp³-hybridized carbons (Fsp3) is 0. The molecule has 0 saturated heterocycles. The van der Waals surface area contributed by atoms with Gasteiger partial charge in [0.2, 0.25) is 5.82 Å². The van der Waals surface area contributed by atoms with E-state index in [2.05, 4.69) is 20.8 Å². The standard InChI is InChI=1S/C14H11ClN4O/c15-9-5-7-10(8-6-9)18-19-13-14(20)17-12-4-2-1-3-11(12)16-13/h1-8,18H,(H,16,19)(H,17,20). The molecular weight excluding hydrogens is 276 g/mol. The van der Waals surface area contributed by atoms with E-state index in [1.54, 1.807) is 30.3 Å². The average Bonchev–Trinajstić information content (AvgIpc) is 2.47. The molecule has 6 heteroatoms. The molecule has 0 aliphatic heterocycles. The van der Waals surface area contributed by atoms with Crippen LogP contribution in [0.2, 0.25) is 5.02 Å². The number of halogens is 1. The molecule has 0 saturated carbocycles. The van der Waals surface area contributed by atoms with Crippen molar-refractivity contribution in [3.63, 3.8) is 0 Å². The highest BCUT2D eigenvalue weighted by molar-refractivity contribution is 6.30. The van der Waals surface area contributed by atoms with E-state index in [0.717, 1.165) is 5.69 Å². The number of nitrogens with zero attached hydrogens (tertiary/aromatic N) is 1. The van der Waals surface area contributed by atoms with Crippen molar-refractivity contribution in [3.8, 4) is 0 Å². The van der Waals surface area contributed by atoms with Gasteiger partial charge >= 0.3 is 0 Å². The normalized spacial score (nSPS) is 10.4. The Morgan fingerprint density at radius 2 is 1.75 bits per heavy atom. The van der Waals surface area contributed by atoms with Crippen molar-refractivity contribution in [1.82, 2.24) is 9.97 Å². The van der Waals surface area contributed by atoms with Crippen LogP contribution in [-0.2, 0) is 0 Å². The van der Waals surface area contributed by atoms with Crippen LogP contribution in [0, 0.1) is 0 Å². The molecule has 0 amide bonds. The Morgan fingerprint density at radius 3 is 2.55 bits per heavy atom. The van der Waals surface area contributed by atoms with Gasteiger partial charge in [-0.05, 0) is 36.4 Å². The van der Waals surface area contributed by atoms with Crippen LogP contribution in [-0.4, -0.2) is 9.97 Å². The number of benzene rings is 2. The number of fused-ring (bicyclic) bond motifs is 1. The zero-order valence-corrected chi connectivity index (χ0v) is 11.1. The second-order valence-corrected chi connectivity index (χ2v) is 4.63. The zero-order chi connectivity index (χ0) is 13.9. The van der Waals surface area contributed by atoms with E-state index in [0.29, 0.717) is 16.1 Å². The molecule has 0 fully saturated rings. The van der Waals surface area contributed by atoms with E-state index < -0.39 is 0 Å². The molecule has 3 N–H and O–H groups in total. The number of H-pyrrole nitrogens is 1. The van der Waals surface area contributed by atoms with Crippen molar-refractivity contribution in [2.75, 3.05) is 10.9 Å². The van der Waals surface area contributed by atoms with Gasteiger partial charge in [-0.3, -0.25) is 15.6 Å². The SMILES string of the molecule is O=c1[nH]c2ccccc2nc1NNc1ccc(Cl)cc1. The van der Waals surface area contributed by atoms with E-state index in [1.807, 2.05) is 18.2 Å². The average molecular weight is 287 g/mol. The Kier molecular flexibility index (Phi) is 3.26. The third-order valence-electron chi connectivity index (χ3n) is 2.77. The van der Waals surface area contributed by atoms with Crippen molar-refractivity contribution >= 4 is 34.1 Å². The third kappa shape index (κ3) is 2.57. The molecule has 0 aliphatic carbocycles. The maximum atomic E-state index is 11.9. The maximum Gasteiger partial charge on any atom is 0.292 e. The van der Waals surface area contributed by atoms with Crippen LogP contribution >= 0.6 is 11.6 Å². The molecule has 20 heavy (non-hydrogen) atoms. The number of anilines is 2. The van der Waals surface area contributed by atoms with Gasteiger partial charge in [-0.1, -0.05) is 23.7 Å². The molecule has 0 spiro atoms. The van der Waals surface area contributed by atoms with Crippen LogP contribution in [0.25, 0.3) is 11.0 Å². The van der Waals surface area contributed by atoms with Crippen LogP contribution in [0.1, 0.15) is 0 Å². The van der Waals surface area contributed by atoms with Crippen molar-refractivity contribution in [2.45, 2.75) is 0 Å². The number of aromatic nitrogens is 2. The van der Waals surface area contributed by atoms with Gasteiger partial charge in [0, 0.05) is 5.02 Å². The van der Waals surface area contributed by atoms with Gasteiger partial charge in [0.05, 0.1) is 16.7 Å². The maximum absolute atomic E-state index is 11.9. The first kappa shape index (κ1) is 12.5. The van der Waals surface area contributed by atoms with Gasteiger partial charge in [-0.15, -0.1) is 0 Å². The first-order valence-electron chi connectivity index (χ1n) is 5.99. The van der Waals surface area contributed by atoms with Crippen molar-refractivity contribution in [2.24, 2.45) is 0 Å². The minimum atomic E-state index is -0.287. The summed E-state index contributed by atoms with van der Waals surface area (Å²) < 4.78 is 0. The first-order valence-corrected chi connectivity index (χ1v) is 6.37. The summed E-state index contributed by atoms with van der Waals surface area (Å²) in [5.41, 5.74) is 7.61. The number of para-hydroxylation sites is 2. The molecule has 1 aromatic heterocycles. The van der Waals surface area contributed by atoms with Crippen molar-refractivity contribution in [3.05, 3.63) is 63.9 Å². The Morgan fingerprint density at radius 1 is 1.00 bits per heavy atom. The topological polar surface area (TPSA) is 69.8 Å². The summed E-state index contributed by atoms with van der Waals surface area (Å²) in [5.74, 6) is 0.207. The second kappa shape index (κ2) is 5.22. The number of nitrogens with one attached hydrogen (secondary N) is 3. The fourth-order valence-electron chi connectivity index (χ4n) is 1.78. The summed E-state index contributed by atoms with van der Waals surface area (Å²) in [5, 5.41) is 0.650. The quantitative estimate of drug-likeness (QED) is 0.647. The highest BCUT2D eigenvalue weighted by Crippen LogP contribution is 2.13.